The van der Waals surface area contributed by atoms with Crippen molar-refractivity contribution in [3.8, 4) is 0 Å². The van der Waals surface area contributed by atoms with E-state index in [2.05, 4.69) is 70.0 Å². The van der Waals surface area contributed by atoms with Crippen LogP contribution < -0.4 is 5.73 Å². The van der Waals surface area contributed by atoms with Crippen LogP contribution in [-0.4, -0.2) is 4.98 Å². The van der Waals surface area contributed by atoms with Gasteiger partial charge in [-0.05, 0) is 46.4 Å². The van der Waals surface area contributed by atoms with E-state index in [0.717, 1.165) is 22.1 Å². The number of rotatable bonds is 3. The van der Waals surface area contributed by atoms with Crippen molar-refractivity contribution in [2.75, 3.05) is 5.73 Å². The van der Waals surface area contributed by atoms with Crippen molar-refractivity contribution in [1.82, 2.24) is 4.98 Å². The number of nitrogen functional groups attached to an aromatic ring is 1. The smallest absolute Gasteiger partial charge is 0.128 e. The lowest BCUT2D eigenvalue weighted by molar-refractivity contribution is 0.963. The number of fused-ring (bicyclic) bond motifs is 1. The van der Waals surface area contributed by atoms with Gasteiger partial charge in [-0.2, -0.15) is 0 Å². The second kappa shape index (κ2) is 5.79. The van der Waals surface area contributed by atoms with Gasteiger partial charge in [0, 0.05) is 10.9 Å². The van der Waals surface area contributed by atoms with Crippen LogP contribution in [0.2, 0.25) is 0 Å². The van der Waals surface area contributed by atoms with Gasteiger partial charge in [0.25, 0.3) is 0 Å². The molecule has 0 aliphatic carbocycles. The molecule has 0 atom stereocenters. The molecule has 0 unspecified atom stereocenters. The third-order valence-corrected chi connectivity index (χ3v) is 4.33. The summed E-state index contributed by atoms with van der Waals surface area (Å²) < 4.78 is 0.971. The summed E-state index contributed by atoms with van der Waals surface area (Å²) in [6.07, 6.45) is 1.90. The predicted octanol–water partition coefficient (Wildman–Crippen LogP) is 4.21. The Hall–Kier alpha value is -1.62. The zero-order chi connectivity index (χ0) is 13.9. The van der Waals surface area contributed by atoms with Crippen LogP contribution in [0.5, 0.6) is 0 Å². The lowest BCUT2D eigenvalue weighted by atomic mass is 10.00. The summed E-state index contributed by atoms with van der Waals surface area (Å²) >= 11 is 2.25. The molecule has 0 saturated heterocycles. The van der Waals surface area contributed by atoms with Crippen LogP contribution in [0, 0.1) is 3.70 Å². The predicted molar refractivity (Wildman–Crippen MR) is 92.7 cm³/mol. The van der Waals surface area contributed by atoms with E-state index < -0.39 is 0 Å². The number of aryl methyl sites for hydroxylation is 2. The molecular formula is C17H15IN2. The van der Waals surface area contributed by atoms with E-state index in [0.29, 0.717) is 5.82 Å². The Bertz CT molecular complexity index is 739. The average Bonchev–Trinajstić information content (AvgIpc) is 2.48. The van der Waals surface area contributed by atoms with Gasteiger partial charge < -0.3 is 5.73 Å². The second-order valence-electron chi connectivity index (χ2n) is 4.80. The molecule has 1 aromatic heterocycles. The number of halogens is 1. The maximum absolute atomic E-state index is 6.14. The summed E-state index contributed by atoms with van der Waals surface area (Å²) in [7, 11) is 0. The molecule has 3 aromatic rings. The van der Waals surface area contributed by atoms with Crippen molar-refractivity contribution in [2.24, 2.45) is 0 Å². The van der Waals surface area contributed by atoms with Gasteiger partial charge >= 0.3 is 0 Å². The lowest BCUT2D eigenvalue weighted by Gasteiger charge is -2.11. The summed E-state index contributed by atoms with van der Waals surface area (Å²) in [5.74, 6) is 0.657. The fourth-order valence-corrected chi connectivity index (χ4v) is 3.20. The van der Waals surface area contributed by atoms with E-state index in [4.69, 9.17) is 5.73 Å². The van der Waals surface area contributed by atoms with Crippen molar-refractivity contribution < 1.29 is 0 Å². The quantitative estimate of drug-likeness (QED) is 0.551. The summed E-state index contributed by atoms with van der Waals surface area (Å²) in [6, 6.07) is 18.8. The SMILES string of the molecule is Nc1nc(I)c2ccccc2c1CCc1ccccc1. The minimum absolute atomic E-state index is 0.657. The molecule has 2 aromatic carbocycles. The minimum atomic E-state index is 0.657. The van der Waals surface area contributed by atoms with E-state index in [1.54, 1.807) is 0 Å². The first-order valence-electron chi connectivity index (χ1n) is 6.62. The topological polar surface area (TPSA) is 38.9 Å². The first kappa shape index (κ1) is 13.4. The Kier molecular flexibility index (Phi) is 3.87. The number of benzene rings is 2. The van der Waals surface area contributed by atoms with Crippen molar-refractivity contribution in [3.63, 3.8) is 0 Å². The van der Waals surface area contributed by atoms with Gasteiger partial charge in [0.2, 0.25) is 0 Å². The van der Waals surface area contributed by atoms with Crippen molar-refractivity contribution in [3.05, 3.63) is 69.4 Å². The third kappa shape index (κ3) is 2.63. The van der Waals surface area contributed by atoms with Crippen LogP contribution in [0.4, 0.5) is 5.82 Å². The molecule has 2 N–H and O–H groups in total. The molecule has 0 saturated carbocycles. The van der Waals surface area contributed by atoms with Crippen LogP contribution in [0.15, 0.2) is 54.6 Å². The fourth-order valence-electron chi connectivity index (χ4n) is 2.47. The Labute approximate surface area is 132 Å². The van der Waals surface area contributed by atoms with Gasteiger partial charge in [-0.1, -0.05) is 54.6 Å². The standard InChI is InChI=1S/C17H15IN2/c18-16-14-9-5-4-8-13(14)15(17(19)20-16)11-10-12-6-2-1-3-7-12/h1-9H,10-11H2,(H2,19,20). The van der Waals surface area contributed by atoms with E-state index in [1.807, 2.05) is 12.1 Å². The Morgan fingerprint density at radius 1 is 0.850 bits per heavy atom. The molecule has 3 rings (SSSR count). The second-order valence-corrected chi connectivity index (χ2v) is 5.82. The molecule has 0 fully saturated rings. The highest BCUT2D eigenvalue weighted by Crippen LogP contribution is 2.27. The van der Waals surface area contributed by atoms with Crippen molar-refractivity contribution in [1.29, 1.82) is 0 Å². The molecule has 0 aliphatic rings. The molecule has 0 bridgehead atoms. The summed E-state index contributed by atoms with van der Waals surface area (Å²) in [5, 5.41) is 2.41. The van der Waals surface area contributed by atoms with Crippen LogP contribution in [0.3, 0.4) is 0 Å². The summed E-state index contributed by atoms with van der Waals surface area (Å²) in [5.41, 5.74) is 8.62. The maximum Gasteiger partial charge on any atom is 0.128 e. The first-order valence-corrected chi connectivity index (χ1v) is 7.70. The van der Waals surface area contributed by atoms with Gasteiger partial charge in [0.1, 0.15) is 9.52 Å². The molecule has 1 heterocycles. The van der Waals surface area contributed by atoms with Gasteiger partial charge in [0.15, 0.2) is 0 Å². The highest BCUT2D eigenvalue weighted by atomic mass is 127. The van der Waals surface area contributed by atoms with Gasteiger partial charge in [-0.25, -0.2) is 4.98 Å². The minimum Gasteiger partial charge on any atom is -0.383 e. The van der Waals surface area contributed by atoms with E-state index in [-0.39, 0.29) is 0 Å². The third-order valence-electron chi connectivity index (χ3n) is 3.51. The highest BCUT2D eigenvalue weighted by Gasteiger charge is 2.10. The van der Waals surface area contributed by atoms with Crippen LogP contribution in [-0.2, 0) is 12.8 Å². The molecule has 100 valence electrons. The molecular weight excluding hydrogens is 359 g/mol. The van der Waals surface area contributed by atoms with Crippen LogP contribution in [0.25, 0.3) is 10.8 Å². The van der Waals surface area contributed by atoms with E-state index in [1.165, 1.54) is 16.3 Å². The molecule has 2 nitrogen and oxygen atoms in total. The van der Waals surface area contributed by atoms with Crippen LogP contribution >= 0.6 is 22.6 Å². The van der Waals surface area contributed by atoms with Crippen LogP contribution in [0.1, 0.15) is 11.1 Å². The largest absolute Gasteiger partial charge is 0.383 e. The summed E-state index contributed by atoms with van der Waals surface area (Å²) in [6.45, 7) is 0. The first-order chi connectivity index (χ1) is 9.75. The fraction of sp³-hybridized carbons (Fsp3) is 0.118. The molecule has 0 amide bonds. The maximum atomic E-state index is 6.14. The molecule has 0 spiro atoms. The number of nitrogens with two attached hydrogens (primary N) is 1. The molecule has 3 heteroatoms. The normalized spacial score (nSPS) is 10.8. The van der Waals surface area contributed by atoms with Gasteiger partial charge in [0.05, 0.1) is 0 Å². The summed E-state index contributed by atoms with van der Waals surface area (Å²) in [4.78, 5) is 4.48. The molecule has 20 heavy (non-hydrogen) atoms. The van der Waals surface area contributed by atoms with Gasteiger partial charge in [-0.15, -0.1) is 0 Å². The highest BCUT2D eigenvalue weighted by molar-refractivity contribution is 14.1. The Morgan fingerprint density at radius 3 is 2.25 bits per heavy atom. The Morgan fingerprint density at radius 2 is 1.50 bits per heavy atom. The number of hydrogen-bond acceptors (Lipinski definition) is 2. The number of nitrogens with zero attached hydrogens (tertiary/aromatic N) is 1. The zero-order valence-electron chi connectivity index (χ0n) is 11.0. The average molecular weight is 374 g/mol. The Balaban J connectivity index is 1.99. The number of hydrogen-bond donors (Lipinski definition) is 1. The van der Waals surface area contributed by atoms with Crippen molar-refractivity contribution in [2.45, 2.75) is 12.8 Å². The van der Waals surface area contributed by atoms with E-state index in [9.17, 15) is 0 Å². The van der Waals surface area contributed by atoms with E-state index >= 15 is 0 Å². The number of aromatic nitrogens is 1. The number of anilines is 1. The van der Waals surface area contributed by atoms with Crippen molar-refractivity contribution >= 4 is 39.2 Å². The van der Waals surface area contributed by atoms with Gasteiger partial charge in [-0.3, -0.25) is 0 Å². The number of pyridine rings is 1. The monoisotopic (exact) mass is 374 g/mol. The molecule has 0 radical (unpaired) electrons. The molecule has 0 aliphatic heterocycles. The zero-order valence-corrected chi connectivity index (χ0v) is 13.2. The lowest BCUT2D eigenvalue weighted by Crippen LogP contribution is -2.03.